The fourth-order valence-electron chi connectivity index (χ4n) is 2.66. The van der Waals surface area contributed by atoms with Gasteiger partial charge in [-0.3, -0.25) is 4.79 Å². The maximum atomic E-state index is 13.0. The maximum Gasteiger partial charge on any atom is 0.239 e. The summed E-state index contributed by atoms with van der Waals surface area (Å²) in [7, 11) is -3.98. The molecule has 0 radical (unpaired) electrons. The van der Waals surface area contributed by atoms with Crippen molar-refractivity contribution >= 4 is 32.2 Å². The number of carbonyl (C=O) groups is 1. The van der Waals surface area contributed by atoms with Crippen LogP contribution in [0.1, 0.15) is 25.5 Å². The number of nitrogens with zero attached hydrogens (tertiary/aromatic N) is 3. The van der Waals surface area contributed by atoms with E-state index in [1.54, 1.807) is 19.1 Å². The molecule has 28 heavy (non-hydrogen) atoms. The molecule has 1 aliphatic heterocycles. The van der Waals surface area contributed by atoms with Crippen LogP contribution in [0.5, 0.6) is 0 Å². The van der Waals surface area contributed by atoms with E-state index in [1.165, 1.54) is 19.1 Å². The molecule has 0 aliphatic carbocycles. The number of hydrogen-bond donors (Lipinski definition) is 1. The molecule has 1 saturated heterocycles. The fraction of sp³-hybridized carbons (Fsp3) is 0.471. The van der Waals surface area contributed by atoms with Gasteiger partial charge in [-0.2, -0.15) is 0 Å². The van der Waals surface area contributed by atoms with Gasteiger partial charge >= 0.3 is 0 Å². The minimum atomic E-state index is -3.98. The van der Waals surface area contributed by atoms with Crippen LogP contribution < -0.4 is 10.2 Å². The van der Waals surface area contributed by atoms with Gasteiger partial charge in [-0.15, -0.1) is 10.2 Å². The molecule has 1 N–H and O–H groups in total. The Morgan fingerprint density at radius 1 is 1.21 bits per heavy atom. The van der Waals surface area contributed by atoms with E-state index in [9.17, 15) is 17.6 Å². The second-order valence-electron chi connectivity index (χ2n) is 6.42. The second kappa shape index (κ2) is 8.50. The van der Waals surface area contributed by atoms with Gasteiger partial charge in [0.2, 0.25) is 25.2 Å². The van der Waals surface area contributed by atoms with Crippen molar-refractivity contribution in [2.75, 3.05) is 31.2 Å². The first-order chi connectivity index (χ1) is 13.3. The molecular formula is C17H21FN4O4S2. The van der Waals surface area contributed by atoms with Crippen LogP contribution in [0, 0.1) is 5.82 Å². The number of carbonyl (C=O) groups excluding carboxylic acids is 1. The zero-order valence-electron chi connectivity index (χ0n) is 15.5. The molecule has 2 heterocycles. The highest BCUT2D eigenvalue weighted by Gasteiger charge is 2.34. The number of ether oxygens (including phenoxy) is 1. The molecule has 1 fully saturated rings. The average molecular weight is 429 g/mol. The van der Waals surface area contributed by atoms with Crippen LogP contribution in [0.3, 0.4) is 0 Å². The summed E-state index contributed by atoms with van der Waals surface area (Å²) in [6, 6.07) is 5.18. The first-order valence-corrected chi connectivity index (χ1v) is 11.1. The van der Waals surface area contributed by atoms with E-state index >= 15 is 0 Å². The predicted octanol–water partition coefficient (Wildman–Crippen LogP) is 1.55. The van der Waals surface area contributed by atoms with Crippen LogP contribution in [0.4, 0.5) is 9.52 Å². The molecule has 0 saturated carbocycles. The number of benzene rings is 1. The average Bonchev–Trinajstić information content (AvgIpc) is 3.19. The normalized spacial score (nSPS) is 17.2. The largest absolute Gasteiger partial charge is 0.378 e. The van der Waals surface area contributed by atoms with Gasteiger partial charge in [-0.1, -0.05) is 23.5 Å². The molecule has 1 aromatic carbocycles. The van der Waals surface area contributed by atoms with Gasteiger partial charge in [-0.25, -0.2) is 12.8 Å². The van der Waals surface area contributed by atoms with E-state index in [0.717, 1.165) is 11.3 Å². The molecule has 1 aliphatic rings. The summed E-state index contributed by atoms with van der Waals surface area (Å²) in [5.41, 5.74) is 0.671. The van der Waals surface area contributed by atoms with Gasteiger partial charge in [0.25, 0.3) is 0 Å². The van der Waals surface area contributed by atoms with Crippen LogP contribution in [-0.2, 0) is 19.4 Å². The Bertz CT molecular complexity index is 927. The number of nitrogens with one attached hydrogen (secondary N) is 1. The van der Waals surface area contributed by atoms with Crippen LogP contribution in [-0.4, -0.2) is 56.1 Å². The lowest BCUT2D eigenvalue weighted by molar-refractivity contribution is -0.121. The standard InChI is InChI=1S/C17H21FN4O4S2/c1-11(13-3-5-14(18)6-4-13)19-15(23)12(2)28(24,25)17-21-20-16(27-17)22-7-9-26-10-8-22/h3-6,11-12H,7-10H2,1-2H3,(H,19,23). The first kappa shape index (κ1) is 20.6. The number of anilines is 1. The fourth-order valence-corrected chi connectivity index (χ4v) is 5.22. The molecule has 2 aromatic rings. The van der Waals surface area contributed by atoms with Crippen LogP contribution in [0.25, 0.3) is 0 Å². The van der Waals surface area contributed by atoms with Crippen LogP contribution in [0.2, 0.25) is 0 Å². The maximum absolute atomic E-state index is 13.0. The molecule has 1 aromatic heterocycles. The highest BCUT2D eigenvalue weighted by atomic mass is 32.2. The summed E-state index contributed by atoms with van der Waals surface area (Å²) in [6.45, 7) is 5.33. The summed E-state index contributed by atoms with van der Waals surface area (Å²) >= 11 is 0.947. The highest BCUT2D eigenvalue weighted by Crippen LogP contribution is 2.27. The van der Waals surface area contributed by atoms with Crippen molar-refractivity contribution < 1.29 is 22.3 Å². The lowest BCUT2D eigenvalue weighted by Gasteiger charge is -2.25. The minimum absolute atomic E-state index is 0.189. The quantitative estimate of drug-likeness (QED) is 0.745. The van der Waals surface area contributed by atoms with Gasteiger partial charge in [0.1, 0.15) is 11.1 Å². The summed E-state index contributed by atoms with van der Waals surface area (Å²) in [4.78, 5) is 14.4. The molecule has 2 unspecified atom stereocenters. The first-order valence-electron chi connectivity index (χ1n) is 8.75. The third kappa shape index (κ3) is 4.47. The monoisotopic (exact) mass is 428 g/mol. The lowest BCUT2D eigenvalue weighted by Crippen LogP contribution is -2.39. The molecule has 11 heteroatoms. The Morgan fingerprint density at radius 2 is 1.86 bits per heavy atom. The Balaban J connectivity index is 1.69. The number of halogens is 1. The predicted molar refractivity (Wildman–Crippen MR) is 103 cm³/mol. The van der Waals surface area contributed by atoms with Gasteiger partial charge < -0.3 is 15.0 Å². The van der Waals surface area contributed by atoms with E-state index in [4.69, 9.17) is 4.74 Å². The number of amides is 1. The van der Waals surface area contributed by atoms with Crippen LogP contribution >= 0.6 is 11.3 Å². The van der Waals surface area contributed by atoms with Crippen molar-refractivity contribution in [2.45, 2.75) is 29.5 Å². The number of hydrogen-bond acceptors (Lipinski definition) is 8. The Labute approximate surface area is 166 Å². The Hall–Kier alpha value is -2.11. The molecule has 0 spiro atoms. The number of morpholine rings is 1. The van der Waals surface area contributed by atoms with E-state index in [0.29, 0.717) is 37.0 Å². The van der Waals surface area contributed by atoms with Gasteiger partial charge in [-0.05, 0) is 31.5 Å². The van der Waals surface area contributed by atoms with E-state index in [-0.39, 0.29) is 10.2 Å². The second-order valence-corrected chi connectivity index (χ2v) is 9.82. The minimum Gasteiger partial charge on any atom is -0.378 e. The summed E-state index contributed by atoms with van der Waals surface area (Å²) in [6.07, 6.45) is 0. The topological polar surface area (TPSA) is 101 Å². The number of aromatic nitrogens is 2. The molecule has 8 nitrogen and oxygen atoms in total. The van der Waals surface area contributed by atoms with Gasteiger partial charge in [0, 0.05) is 13.1 Å². The number of rotatable bonds is 6. The highest BCUT2D eigenvalue weighted by molar-refractivity contribution is 7.94. The third-order valence-corrected chi connectivity index (χ3v) is 7.92. The molecule has 3 rings (SSSR count). The Morgan fingerprint density at radius 3 is 2.50 bits per heavy atom. The van der Waals surface area contributed by atoms with Crippen molar-refractivity contribution in [3.8, 4) is 0 Å². The molecular weight excluding hydrogens is 407 g/mol. The smallest absolute Gasteiger partial charge is 0.239 e. The van der Waals surface area contributed by atoms with E-state index in [1.807, 2.05) is 4.90 Å². The van der Waals surface area contributed by atoms with Gasteiger partial charge in [0.05, 0.1) is 19.3 Å². The van der Waals surface area contributed by atoms with E-state index < -0.39 is 27.0 Å². The number of sulfone groups is 1. The van der Waals surface area contributed by atoms with E-state index in [2.05, 4.69) is 15.5 Å². The SMILES string of the molecule is CC(NC(=O)C(C)S(=O)(=O)c1nnc(N2CCOCC2)s1)c1ccc(F)cc1. The zero-order chi connectivity index (χ0) is 20.3. The summed E-state index contributed by atoms with van der Waals surface area (Å²) in [5.74, 6) is -1.04. The lowest BCUT2D eigenvalue weighted by atomic mass is 10.1. The van der Waals surface area contributed by atoms with Crippen molar-refractivity contribution in [1.29, 1.82) is 0 Å². The van der Waals surface area contributed by atoms with Crippen molar-refractivity contribution in [3.05, 3.63) is 35.6 Å². The molecule has 0 bridgehead atoms. The summed E-state index contributed by atoms with van der Waals surface area (Å²) < 4.78 is 43.7. The third-order valence-electron chi connectivity index (χ3n) is 4.48. The zero-order valence-corrected chi connectivity index (χ0v) is 17.1. The van der Waals surface area contributed by atoms with Crippen molar-refractivity contribution in [3.63, 3.8) is 0 Å². The van der Waals surface area contributed by atoms with Gasteiger partial charge in [0.15, 0.2) is 0 Å². The molecule has 2 atom stereocenters. The van der Waals surface area contributed by atoms with Crippen molar-refractivity contribution in [1.82, 2.24) is 15.5 Å². The Kier molecular flexibility index (Phi) is 6.26. The molecule has 152 valence electrons. The molecule has 1 amide bonds. The van der Waals surface area contributed by atoms with Crippen molar-refractivity contribution in [2.24, 2.45) is 0 Å². The van der Waals surface area contributed by atoms with Crippen LogP contribution in [0.15, 0.2) is 28.6 Å². The summed E-state index contributed by atoms with van der Waals surface area (Å²) in [5, 5.41) is 9.56.